The molecule has 0 aromatic heterocycles. The minimum absolute atomic E-state index is 0.757. The van der Waals surface area contributed by atoms with Gasteiger partial charge in [0.1, 0.15) is 6.26 Å². The monoisotopic (exact) mass is 276 g/mol. The van der Waals surface area contributed by atoms with Gasteiger partial charge in [-0.3, -0.25) is 0 Å². The molecule has 0 unspecified atom stereocenters. The van der Waals surface area contributed by atoms with Gasteiger partial charge in [0.2, 0.25) is 0 Å². The molecule has 2 heteroatoms. The maximum absolute atomic E-state index is 5.87. The van der Waals surface area contributed by atoms with Crippen LogP contribution in [0, 0.1) is 0 Å². The minimum atomic E-state index is 0.757. The van der Waals surface area contributed by atoms with Gasteiger partial charge in [-0.2, -0.15) is 0 Å². The second-order valence-electron chi connectivity index (χ2n) is 4.98. The highest BCUT2D eigenvalue weighted by Gasteiger charge is 2.02. The zero-order chi connectivity index (χ0) is 14.5. The third-order valence-corrected chi connectivity index (χ3v) is 3.12. The Morgan fingerprint density at radius 2 is 1.55 bits per heavy atom. The topological polar surface area (TPSA) is 18.5 Å². The van der Waals surface area contributed by atoms with Crippen molar-refractivity contribution in [1.82, 2.24) is 0 Å². The smallest absolute Gasteiger partial charge is 0.160 e. The van der Waals surface area contributed by atoms with Crippen LogP contribution in [-0.2, 0) is 9.47 Å². The number of unbranched alkanes of at least 4 members (excludes halogenated alkanes) is 4. The van der Waals surface area contributed by atoms with Crippen molar-refractivity contribution in [1.29, 1.82) is 0 Å². The summed E-state index contributed by atoms with van der Waals surface area (Å²) in [6, 6.07) is 10.2. The first-order valence-corrected chi connectivity index (χ1v) is 7.88. The molecule has 0 saturated heterocycles. The number of benzene rings is 1. The van der Waals surface area contributed by atoms with Crippen LogP contribution in [0.5, 0.6) is 0 Å². The molecular formula is C18H28O2. The fraction of sp³-hybridized carbons (Fsp3) is 0.556. The van der Waals surface area contributed by atoms with Crippen molar-refractivity contribution in [3.8, 4) is 0 Å². The fourth-order valence-corrected chi connectivity index (χ4v) is 1.89. The predicted molar refractivity (Wildman–Crippen MR) is 85.4 cm³/mol. The molecule has 0 bridgehead atoms. The van der Waals surface area contributed by atoms with Gasteiger partial charge in [-0.05, 0) is 12.8 Å². The maximum Gasteiger partial charge on any atom is 0.160 e. The van der Waals surface area contributed by atoms with Crippen LogP contribution in [-0.4, -0.2) is 13.2 Å². The molecule has 0 radical (unpaired) electrons. The highest BCUT2D eigenvalue weighted by molar-refractivity contribution is 5.58. The number of hydrogen-bond donors (Lipinski definition) is 0. The van der Waals surface area contributed by atoms with Gasteiger partial charge in [-0.15, -0.1) is 0 Å². The Morgan fingerprint density at radius 1 is 0.900 bits per heavy atom. The Morgan fingerprint density at radius 3 is 2.20 bits per heavy atom. The van der Waals surface area contributed by atoms with Crippen molar-refractivity contribution >= 4 is 5.76 Å². The zero-order valence-electron chi connectivity index (χ0n) is 12.9. The van der Waals surface area contributed by atoms with Crippen molar-refractivity contribution < 1.29 is 9.47 Å². The van der Waals surface area contributed by atoms with Gasteiger partial charge in [0, 0.05) is 5.56 Å². The van der Waals surface area contributed by atoms with Gasteiger partial charge < -0.3 is 9.47 Å². The van der Waals surface area contributed by atoms with Crippen LogP contribution < -0.4 is 0 Å². The van der Waals surface area contributed by atoms with E-state index in [0.29, 0.717) is 0 Å². The van der Waals surface area contributed by atoms with Gasteiger partial charge >= 0.3 is 0 Å². The first kappa shape index (κ1) is 16.6. The van der Waals surface area contributed by atoms with E-state index in [2.05, 4.69) is 26.0 Å². The molecule has 0 amide bonds. The molecule has 1 aromatic rings. The lowest BCUT2D eigenvalue weighted by molar-refractivity contribution is 0.215. The van der Waals surface area contributed by atoms with Gasteiger partial charge in [-0.25, -0.2) is 0 Å². The van der Waals surface area contributed by atoms with E-state index in [9.17, 15) is 0 Å². The summed E-state index contributed by atoms with van der Waals surface area (Å²) in [6.45, 7) is 5.92. The molecule has 0 aliphatic rings. The normalized spacial score (nSPS) is 11.4. The summed E-state index contributed by atoms with van der Waals surface area (Å²) in [5.74, 6) is 0.846. The van der Waals surface area contributed by atoms with Crippen LogP contribution in [0.15, 0.2) is 36.6 Å². The molecule has 0 N–H and O–H groups in total. The molecule has 20 heavy (non-hydrogen) atoms. The average Bonchev–Trinajstić information content (AvgIpc) is 2.50. The van der Waals surface area contributed by atoms with E-state index in [-0.39, 0.29) is 0 Å². The summed E-state index contributed by atoms with van der Waals surface area (Å²) in [7, 11) is 0. The number of ether oxygens (including phenoxy) is 2. The SMILES string of the molecule is CCCCCOC=C(OCCCCC)c1ccccc1. The van der Waals surface area contributed by atoms with E-state index in [1.165, 1.54) is 25.7 Å². The van der Waals surface area contributed by atoms with E-state index in [0.717, 1.165) is 37.4 Å². The molecular weight excluding hydrogens is 248 g/mol. The summed E-state index contributed by atoms with van der Waals surface area (Å²) < 4.78 is 11.5. The molecule has 0 atom stereocenters. The first-order chi connectivity index (χ1) is 9.88. The Labute approximate surface area is 123 Å². The zero-order valence-corrected chi connectivity index (χ0v) is 12.9. The average molecular weight is 276 g/mol. The van der Waals surface area contributed by atoms with Gasteiger partial charge in [0.05, 0.1) is 13.2 Å². The molecule has 1 aromatic carbocycles. The first-order valence-electron chi connectivity index (χ1n) is 7.88. The van der Waals surface area contributed by atoms with Crippen molar-refractivity contribution in [2.75, 3.05) is 13.2 Å². The Kier molecular flexibility index (Phi) is 9.46. The third kappa shape index (κ3) is 7.22. The van der Waals surface area contributed by atoms with Crippen molar-refractivity contribution in [2.45, 2.75) is 52.4 Å². The van der Waals surface area contributed by atoms with Crippen LogP contribution in [0.4, 0.5) is 0 Å². The van der Waals surface area contributed by atoms with Crippen molar-refractivity contribution in [2.24, 2.45) is 0 Å². The lowest BCUT2D eigenvalue weighted by Crippen LogP contribution is -1.97. The van der Waals surface area contributed by atoms with Crippen LogP contribution in [0.2, 0.25) is 0 Å². The highest BCUT2D eigenvalue weighted by Crippen LogP contribution is 2.16. The quantitative estimate of drug-likeness (QED) is 0.398. The van der Waals surface area contributed by atoms with Crippen molar-refractivity contribution in [3.63, 3.8) is 0 Å². The number of hydrogen-bond acceptors (Lipinski definition) is 2. The van der Waals surface area contributed by atoms with E-state index < -0.39 is 0 Å². The highest BCUT2D eigenvalue weighted by atomic mass is 16.5. The predicted octanol–water partition coefficient (Wildman–Crippen LogP) is 5.40. The van der Waals surface area contributed by atoms with Crippen molar-refractivity contribution in [3.05, 3.63) is 42.2 Å². The lowest BCUT2D eigenvalue weighted by atomic mass is 10.2. The second kappa shape index (κ2) is 11.4. The molecule has 0 aliphatic carbocycles. The molecule has 1 rings (SSSR count). The van der Waals surface area contributed by atoms with Crippen LogP contribution >= 0.6 is 0 Å². The Hall–Kier alpha value is -1.44. The Balaban J connectivity index is 2.48. The minimum Gasteiger partial charge on any atom is -0.497 e. The fourth-order valence-electron chi connectivity index (χ4n) is 1.89. The second-order valence-corrected chi connectivity index (χ2v) is 4.98. The molecule has 2 nitrogen and oxygen atoms in total. The molecule has 112 valence electrons. The Bertz CT molecular complexity index is 357. The summed E-state index contributed by atoms with van der Waals surface area (Å²) in [4.78, 5) is 0. The van der Waals surface area contributed by atoms with E-state index in [1.54, 1.807) is 6.26 Å². The van der Waals surface area contributed by atoms with Gasteiger partial charge in [0.25, 0.3) is 0 Å². The van der Waals surface area contributed by atoms with Gasteiger partial charge in [0.15, 0.2) is 5.76 Å². The third-order valence-electron chi connectivity index (χ3n) is 3.12. The summed E-state index contributed by atoms with van der Waals surface area (Å²) in [5, 5.41) is 0. The maximum atomic E-state index is 5.87. The molecule has 0 saturated carbocycles. The molecule has 0 aliphatic heterocycles. The molecule has 0 heterocycles. The van der Waals surface area contributed by atoms with Crippen LogP contribution in [0.3, 0.4) is 0 Å². The molecule has 0 fully saturated rings. The van der Waals surface area contributed by atoms with E-state index in [4.69, 9.17) is 9.47 Å². The van der Waals surface area contributed by atoms with E-state index >= 15 is 0 Å². The van der Waals surface area contributed by atoms with Crippen LogP contribution in [0.1, 0.15) is 57.9 Å². The van der Waals surface area contributed by atoms with E-state index in [1.807, 2.05) is 18.2 Å². The molecule has 0 spiro atoms. The number of rotatable bonds is 11. The van der Waals surface area contributed by atoms with Crippen LogP contribution in [0.25, 0.3) is 5.76 Å². The standard InChI is InChI=1S/C18H28O2/c1-3-5-10-14-19-16-18(20-15-11-6-4-2)17-12-8-7-9-13-17/h7-9,12-13,16H,3-6,10-11,14-15H2,1-2H3. The lowest BCUT2D eigenvalue weighted by Gasteiger charge is -2.11. The summed E-state index contributed by atoms with van der Waals surface area (Å²) in [6.07, 6.45) is 8.82. The summed E-state index contributed by atoms with van der Waals surface area (Å²) in [5.41, 5.74) is 1.08. The largest absolute Gasteiger partial charge is 0.497 e. The summed E-state index contributed by atoms with van der Waals surface area (Å²) >= 11 is 0. The van der Waals surface area contributed by atoms with Gasteiger partial charge in [-0.1, -0.05) is 69.9 Å².